The van der Waals surface area contributed by atoms with E-state index in [1.54, 1.807) is 18.2 Å². The third-order valence-corrected chi connectivity index (χ3v) is 5.03. The number of rotatable bonds is 6. The van der Waals surface area contributed by atoms with Gasteiger partial charge in [0.05, 0.1) is 22.6 Å². The van der Waals surface area contributed by atoms with Crippen molar-refractivity contribution in [1.82, 2.24) is 0 Å². The number of aliphatic hydroxyl groups is 1. The van der Waals surface area contributed by atoms with Crippen molar-refractivity contribution in [3.63, 3.8) is 0 Å². The number of halogens is 2. The van der Waals surface area contributed by atoms with Gasteiger partial charge in [0.25, 0.3) is 0 Å². The van der Waals surface area contributed by atoms with E-state index in [-0.39, 0.29) is 52.0 Å². The molecule has 0 spiro atoms. The molecular formula is C19H17Cl2NO7. The van der Waals surface area contributed by atoms with Crippen LogP contribution in [0.25, 0.3) is 0 Å². The molecule has 154 valence electrons. The van der Waals surface area contributed by atoms with Gasteiger partial charge in [-0.15, -0.1) is 0 Å². The molecule has 0 bridgehead atoms. The van der Waals surface area contributed by atoms with Gasteiger partial charge in [0.15, 0.2) is 5.76 Å². The van der Waals surface area contributed by atoms with Crippen molar-refractivity contribution in [3.8, 4) is 5.75 Å². The molecule has 10 heteroatoms. The van der Waals surface area contributed by atoms with Gasteiger partial charge in [-0.2, -0.15) is 0 Å². The Balaban J connectivity index is 2.22. The van der Waals surface area contributed by atoms with E-state index in [4.69, 9.17) is 47.6 Å². The second-order valence-corrected chi connectivity index (χ2v) is 6.80. The van der Waals surface area contributed by atoms with Crippen molar-refractivity contribution in [2.24, 2.45) is 5.73 Å². The van der Waals surface area contributed by atoms with Gasteiger partial charge in [-0.3, -0.25) is 4.79 Å². The fraction of sp³-hybridized carbons (Fsp3) is 0.263. The quantitative estimate of drug-likeness (QED) is 0.517. The van der Waals surface area contributed by atoms with Crippen LogP contribution in [0.1, 0.15) is 23.0 Å². The molecule has 1 aliphatic rings. The number of benzene rings is 1. The summed E-state index contributed by atoms with van der Waals surface area (Å²) in [6, 6.07) is 5.87. The second-order valence-electron chi connectivity index (χ2n) is 6.01. The summed E-state index contributed by atoms with van der Waals surface area (Å²) in [5.74, 6) is -2.45. The maximum atomic E-state index is 12.8. The zero-order valence-corrected chi connectivity index (χ0v) is 16.7. The van der Waals surface area contributed by atoms with E-state index in [1.807, 2.05) is 0 Å². The average molecular weight is 442 g/mol. The summed E-state index contributed by atoms with van der Waals surface area (Å²) in [7, 11) is 1.46. The molecule has 1 aromatic heterocycles. The first kappa shape index (κ1) is 21.2. The summed E-state index contributed by atoms with van der Waals surface area (Å²) in [5, 5.41) is 9.79. The first-order valence-corrected chi connectivity index (χ1v) is 9.19. The number of fused-ring (bicyclic) bond motifs is 1. The summed E-state index contributed by atoms with van der Waals surface area (Å²) in [4.78, 5) is 25.2. The first-order chi connectivity index (χ1) is 13.9. The van der Waals surface area contributed by atoms with Gasteiger partial charge in [-0.05, 0) is 11.6 Å². The van der Waals surface area contributed by atoms with Gasteiger partial charge in [0.1, 0.15) is 24.5 Å². The average Bonchev–Trinajstić information content (AvgIpc) is 2.70. The van der Waals surface area contributed by atoms with Crippen molar-refractivity contribution in [2.45, 2.75) is 12.5 Å². The minimum atomic E-state index is -1.04. The molecule has 1 atom stereocenters. The summed E-state index contributed by atoms with van der Waals surface area (Å²) >= 11 is 12.5. The van der Waals surface area contributed by atoms with Gasteiger partial charge in [-0.25, -0.2) is 4.79 Å². The Labute approximate surface area is 175 Å². The topological polar surface area (TPSA) is 121 Å². The molecule has 0 saturated heterocycles. The molecule has 3 N–H and O–H groups in total. The monoisotopic (exact) mass is 441 g/mol. The number of carbonyl (C=O) groups excluding carboxylic acids is 1. The lowest BCUT2D eigenvalue weighted by atomic mass is 9.86. The number of nitrogens with two attached hydrogens (primary N) is 1. The third-order valence-electron chi connectivity index (χ3n) is 4.20. The predicted molar refractivity (Wildman–Crippen MR) is 104 cm³/mol. The van der Waals surface area contributed by atoms with E-state index in [1.165, 1.54) is 7.11 Å². The van der Waals surface area contributed by atoms with E-state index in [0.29, 0.717) is 5.56 Å². The standard InChI is InChI=1S/C19H17Cl2NO7/c1-26-5-6-27-19(25)14-13(10-3-2-4-11(20)15(10)21)17-16(29-18(14)22)12(24)7-9(8-23)28-17/h2-4,7,13,23H,5-6,8,22H2,1H3/t13-/m0/s1. The third kappa shape index (κ3) is 4.11. The van der Waals surface area contributed by atoms with Crippen LogP contribution in [0.5, 0.6) is 5.75 Å². The molecular weight excluding hydrogens is 425 g/mol. The Morgan fingerprint density at radius 3 is 2.76 bits per heavy atom. The van der Waals surface area contributed by atoms with E-state index in [0.717, 1.165) is 6.07 Å². The largest absolute Gasteiger partial charge is 0.460 e. The van der Waals surface area contributed by atoms with Crippen molar-refractivity contribution in [2.75, 3.05) is 20.3 Å². The van der Waals surface area contributed by atoms with Crippen LogP contribution in [0.15, 0.2) is 44.9 Å². The molecule has 0 saturated carbocycles. The highest BCUT2D eigenvalue weighted by molar-refractivity contribution is 6.42. The molecule has 8 nitrogen and oxygen atoms in total. The summed E-state index contributed by atoms with van der Waals surface area (Å²) in [5.41, 5.74) is 5.63. The summed E-state index contributed by atoms with van der Waals surface area (Å²) in [6.07, 6.45) is 0. The van der Waals surface area contributed by atoms with E-state index < -0.39 is 23.9 Å². The summed E-state index contributed by atoms with van der Waals surface area (Å²) < 4.78 is 21.1. The lowest BCUT2D eigenvalue weighted by molar-refractivity contribution is -0.140. The normalized spacial score (nSPS) is 15.7. The highest BCUT2D eigenvalue weighted by atomic mass is 35.5. The maximum Gasteiger partial charge on any atom is 0.340 e. The lowest BCUT2D eigenvalue weighted by Gasteiger charge is -2.27. The van der Waals surface area contributed by atoms with Crippen molar-refractivity contribution in [3.05, 3.63) is 73.1 Å². The number of hydrogen-bond acceptors (Lipinski definition) is 8. The van der Waals surface area contributed by atoms with Crippen molar-refractivity contribution in [1.29, 1.82) is 0 Å². The Bertz CT molecular complexity index is 1030. The van der Waals surface area contributed by atoms with Crippen LogP contribution in [0, 0.1) is 0 Å². The minimum absolute atomic E-state index is 0.0203. The number of hydrogen-bond donors (Lipinski definition) is 2. The highest BCUT2D eigenvalue weighted by Gasteiger charge is 2.40. The molecule has 0 fully saturated rings. The van der Waals surface area contributed by atoms with Crippen molar-refractivity contribution < 1.29 is 28.5 Å². The zero-order valence-electron chi connectivity index (χ0n) is 15.2. The number of ether oxygens (including phenoxy) is 3. The van der Waals surface area contributed by atoms with Gasteiger partial charge in [0.2, 0.25) is 17.1 Å². The van der Waals surface area contributed by atoms with Gasteiger partial charge >= 0.3 is 5.97 Å². The van der Waals surface area contributed by atoms with Crippen LogP contribution in [0.4, 0.5) is 0 Å². The second kappa shape index (κ2) is 8.87. The number of carbonyl (C=O) groups is 1. The van der Waals surface area contributed by atoms with E-state index >= 15 is 0 Å². The van der Waals surface area contributed by atoms with Crippen molar-refractivity contribution >= 4 is 29.2 Å². The SMILES string of the molecule is COCCOC(=O)C1=C(N)Oc2c(oc(CO)cc2=O)[C@H]1c1cccc(Cl)c1Cl. The van der Waals surface area contributed by atoms with Crippen LogP contribution < -0.4 is 15.9 Å². The molecule has 1 aromatic carbocycles. The molecule has 3 rings (SSSR count). The molecule has 2 heterocycles. The Morgan fingerprint density at radius 1 is 1.31 bits per heavy atom. The Morgan fingerprint density at radius 2 is 2.07 bits per heavy atom. The minimum Gasteiger partial charge on any atom is -0.460 e. The van der Waals surface area contributed by atoms with Crippen LogP contribution in [-0.2, 0) is 20.9 Å². The molecule has 1 aliphatic heterocycles. The van der Waals surface area contributed by atoms with Crippen LogP contribution in [-0.4, -0.2) is 31.4 Å². The van der Waals surface area contributed by atoms with Crippen LogP contribution >= 0.6 is 23.2 Å². The van der Waals surface area contributed by atoms with E-state index in [9.17, 15) is 14.7 Å². The number of esters is 1. The maximum absolute atomic E-state index is 12.8. The zero-order chi connectivity index (χ0) is 21.1. The van der Waals surface area contributed by atoms with Gasteiger partial charge in [-0.1, -0.05) is 35.3 Å². The molecule has 0 amide bonds. The van der Waals surface area contributed by atoms with E-state index in [2.05, 4.69) is 0 Å². The molecule has 0 aliphatic carbocycles. The van der Waals surface area contributed by atoms with Gasteiger partial charge < -0.3 is 29.5 Å². The molecule has 2 aromatic rings. The first-order valence-electron chi connectivity index (χ1n) is 8.44. The van der Waals surface area contributed by atoms with Crippen LogP contribution in [0.2, 0.25) is 10.0 Å². The fourth-order valence-electron chi connectivity index (χ4n) is 2.91. The lowest BCUT2D eigenvalue weighted by Crippen LogP contribution is -2.30. The smallest absolute Gasteiger partial charge is 0.340 e. The predicted octanol–water partition coefficient (Wildman–Crippen LogP) is 2.32. The molecule has 0 unspecified atom stereocenters. The van der Waals surface area contributed by atoms with Gasteiger partial charge in [0, 0.05) is 13.2 Å². The van der Waals surface area contributed by atoms with Crippen LogP contribution in [0.3, 0.4) is 0 Å². The number of methoxy groups -OCH3 is 1. The Hall–Kier alpha value is -2.52. The number of aliphatic hydroxyl groups excluding tert-OH is 1. The Kier molecular flexibility index (Phi) is 6.49. The fourth-order valence-corrected chi connectivity index (χ4v) is 3.33. The highest BCUT2D eigenvalue weighted by Crippen LogP contribution is 2.45. The summed E-state index contributed by atoms with van der Waals surface area (Å²) in [6.45, 7) is -0.399. The molecule has 29 heavy (non-hydrogen) atoms. The molecule has 0 radical (unpaired) electrons.